The molecule has 1 amide bonds. The van der Waals surface area contributed by atoms with Crippen LogP contribution in [0.4, 0.5) is 0 Å². The van der Waals surface area contributed by atoms with Crippen LogP contribution in [0.1, 0.15) is 46.0 Å². The lowest BCUT2D eigenvalue weighted by molar-refractivity contribution is -0.142. The predicted molar refractivity (Wildman–Crippen MR) is 61.0 cm³/mol. The van der Waals surface area contributed by atoms with Crippen molar-refractivity contribution in [3.63, 3.8) is 0 Å². The van der Waals surface area contributed by atoms with Crippen LogP contribution < -0.4 is 5.32 Å². The molecule has 0 radical (unpaired) electrons. The van der Waals surface area contributed by atoms with E-state index in [4.69, 9.17) is 5.11 Å². The number of rotatable bonds is 4. The van der Waals surface area contributed by atoms with Gasteiger partial charge in [0.2, 0.25) is 5.91 Å². The van der Waals surface area contributed by atoms with Crippen molar-refractivity contribution in [1.82, 2.24) is 5.32 Å². The Hall–Kier alpha value is -1.06. The molecular weight excluding hydrogens is 206 g/mol. The standard InChI is InChI=1S/C12H21NO3/c1-3-10(12(15)16)13-11(14)9-6-4-8(2)5-7-9/h8-10H,3-7H2,1-2H3,(H,13,14)(H,15,16)/t8?,9?,10-/m0/s1. The predicted octanol–water partition coefficient (Wildman–Crippen LogP) is 1.79. The molecule has 1 aliphatic rings. The molecule has 4 nitrogen and oxygen atoms in total. The number of carboxylic acid groups (broad SMARTS) is 1. The zero-order valence-corrected chi connectivity index (χ0v) is 10.0. The Balaban J connectivity index is 2.42. The lowest BCUT2D eigenvalue weighted by atomic mass is 9.82. The molecular formula is C12H21NO3. The number of carboxylic acids is 1. The highest BCUT2D eigenvalue weighted by atomic mass is 16.4. The number of amides is 1. The summed E-state index contributed by atoms with van der Waals surface area (Å²) in [5, 5.41) is 11.5. The fourth-order valence-electron chi connectivity index (χ4n) is 2.15. The summed E-state index contributed by atoms with van der Waals surface area (Å²) in [6, 6.07) is -0.730. The molecule has 0 unspecified atom stereocenters. The van der Waals surface area contributed by atoms with Gasteiger partial charge in [0, 0.05) is 5.92 Å². The Kier molecular flexibility index (Phi) is 4.77. The van der Waals surface area contributed by atoms with E-state index in [-0.39, 0.29) is 11.8 Å². The number of hydrogen-bond acceptors (Lipinski definition) is 2. The molecule has 92 valence electrons. The normalized spacial score (nSPS) is 27.1. The van der Waals surface area contributed by atoms with Gasteiger partial charge in [-0.2, -0.15) is 0 Å². The van der Waals surface area contributed by atoms with Crippen LogP contribution in [-0.2, 0) is 9.59 Å². The summed E-state index contributed by atoms with van der Waals surface area (Å²) in [7, 11) is 0. The maximum absolute atomic E-state index is 11.8. The molecule has 0 heterocycles. The highest BCUT2D eigenvalue weighted by Gasteiger charge is 2.27. The second-order valence-corrected chi connectivity index (χ2v) is 4.76. The van der Waals surface area contributed by atoms with Gasteiger partial charge in [-0.3, -0.25) is 4.79 Å². The third-order valence-corrected chi connectivity index (χ3v) is 3.41. The molecule has 16 heavy (non-hydrogen) atoms. The van der Waals surface area contributed by atoms with E-state index in [1.807, 2.05) is 0 Å². The summed E-state index contributed by atoms with van der Waals surface area (Å²) in [4.78, 5) is 22.6. The van der Waals surface area contributed by atoms with Gasteiger partial charge in [0.1, 0.15) is 6.04 Å². The van der Waals surface area contributed by atoms with Crippen molar-refractivity contribution in [2.24, 2.45) is 11.8 Å². The molecule has 0 bridgehead atoms. The van der Waals surface area contributed by atoms with E-state index in [2.05, 4.69) is 12.2 Å². The molecule has 4 heteroatoms. The number of nitrogens with one attached hydrogen (secondary N) is 1. The zero-order valence-electron chi connectivity index (χ0n) is 10.0. The van der Waals surface area contributed by atoms with Crippen LogP contribution in [0.5, 0.6) is 0 Å². The molecule has 0 aliphatic heterocycles. The molecule has 0 aromatic rings. The Labute approximate surface area is 96.4 Å². The van der Waals surface area contributed by atoms with Gasteiger partial charge in [0.15, 0.2) is 0 Å². The van der Waals surface area contributed by atoms with Gasteiger partial charge in [-0.25, -0.2) is 4.79 Å². The maximum atomic E-state index is 11.8. The summed E-state index contributed by atoms with van der Waals surface area (Å²) in [5.74, 6) is -0.309. The lowest BCUT2D eigenvalue weighted by Crippen LogP contribution is -2.43. The monoisotopic (exact) mass is 227 g/mol. The van der Waals surface area contributed by atoms with Crippen molar-refractivity contribution in [1.29, 1.82) is 0 Å². The van der Waals surface area contributed by atoms with Crippen LogP contribution in [0.2, 0.25) is 0 Å². The minimum absolute atomic E-state index is 0.0181. The highest BCUT2D eigenvalue weighted by molar-refractivity contribution is 5.84. The van der Waals surface area contributed by atoms with Gasteiger partial charge in [0.25, 0.3) is 0 Å². The van der Waals surface area contributed by atoms with Crippen molar-refractivity contribution in [3.8, 4) is 0 Å². The minimum Gasteiger partial charge on any atom is -0.480 e. The molecule has 0 spiro atoms. The van der Waals surface area contributed by atoms with Crippen LogP contribution in [0.3, 0.4) is 0 Å². The number of carbonyl (C=O) groups excluding carboxylic acids is 1. The van der Waals surface area contributed by atoms with E-state index in [0.717, 1.165) is 25.7 Å². The SMILES string of the molecule is CC[C@H](NC(=O)C1CCC(C)CC1)C(=O)O. The minimum atomic E-state index is -0.944. The smallest absolute Gasteiger partial charge is 0.326 e. The van der Waals surface area contributed by atoms with Crippen LogP contribution in [0, 0.1) is 11.8 Å². The number of carbonyl (C=O) groups is 2. The van der Waals surface area contributed by atoms with Crippen LogP contribution in [0.25, 0.3) is 0 Å². The third-order valence-electron chi connectivity index (χ3n) is 3.41. The summed E-state index contributed by atoms with van der Waals surface area (Å²) in [5.41, 5.74) is 0. The summed E-state index contributed by atoms with van der Waals surface area (Å²) in [6.07, 6.45) is 4.36. The van der Waals surface area contributed by atoms with Gasteiger partial charge in [-0.05, 0) is 38.0 Å². The van der Waals surface area contributed by atoms with Crippen molar-refractivity contribution in [2.75, 3.05) is 0 Å². The van der Waals surface area contributed by atoms with E-state index < -0.39 is 12.0 Å². The van der Waals surface area contributed by atoms with Gasteiger partial charge in [-0.15, -0.1) is 0 Å². The topological polar surface area (TPSA) is 66.4 Å². The first-order valence-corrected chi connectivity index (χ1v) is 6.07. The van der Waals surface area contributed by atoms with E-state index in [1.165, 1.54) is 0 Å². The Morgan fingerprint density at radius 3 is 2.31 bits per heavy atom. The maximum Gasteiger partial charge on any atom is 0.326 e. The fraction of sp³-hybridized carbons (Fsp3) is 0.833. The summed E-state index contributed by atoms with van der Waals surface area (Å²) in [6.45, 7) is 3.96. The number of aliphatic carboxylic acids is 1. The van der Waals surface area contributed by atoms with E-state index >= 15 is 0 Å². The quantitative estimate of drug-likeness (QED) is 0.769. The first-order valence-electron chi connectivity index (χ1n) is 6.07. The zero-order chi connectivity index (χ0) is 12.1. The first kappa shape index (κ1) is 13.0. The van der Waals surface area contributed by atoms with Gasteiger partial charge < -0.3 is 10.4 Å². The molecule has 0 aromatic heterocycles. The Bertz CT molecular complexity index is 257. The van der Waals surface area contributed by atoms with Crippen LogP contribution >= 0.6 is 0 Å². The average molecular weight is 227 g/mol. The molecule has 0 saturated heterocycles. The fourth-order valence-corrected chi connectivity index (χ4v) is 2.15. The van der Waals surface area contributed by atoms with Crippen molar-refractivity contribution >= 4 is 11.9 Å². The van der Waals surface area contributed by atoms with Crippen LogP contribution in [-0.4, -0.2) is 23.0 Å². The second kappa shape index (κ2) is 5.87. The largest absolute Gasteiger partial charge is 0.480 e. The van der Waals surface area contributed by atoms with Gasteiger partial charge in [-0.1, -0.05) is 13.8 Å². The van der Waals surface area contributed by atoms with Crippen molar-refractivity contribution in [2.45, 2.75) is 52.0 Å². The Morgan fingerprint density at radius 1 is 1.31 bits per heavy atom. The Morgan fingerprint density at radius 2 is 1.88 bits per heavy atom. The van der Waals surface area contributed by atoms with E-state index in [0.29, 0.717) is 12.3 Å². The summed E-state index contributed by atoms with van der Waals surface area (Å²) >= 11 is 0. The molecule has 2 N–H and O–H groups in total. The third kappa shape index (κ3) is 3.51. The van der Waals surface area contributed by atoms with Crippen molar-refractivity contribution in [3.05, 3.63) is 0 Å². The van der Waals surface area contributed by atoms with Gasteiger partial charge in [0.05, 0.1) is 0 Å². The van der Waals surface area contributed by atoms with Crippen molar-refractivity contribution < 1.29 is 14.7 Å². The average Bonchev–Trinajstić information content (AvgIpc) is 2.26. The summed E-state index contributed by atoms with van der Waals surface area (Å²) < 4.78 is 0. The molecule has 1 saturated carbocycles. The molecule has 1 aliphatic carbocycles. The second-order valence-electron chi connectivity index (χ2n) is 4.76. The highest BCUT2D eigenvalue weighted by Crippen LogP contribution is 2.28. The molecule has 1 rings (SSSR count). The van der Waals surface area contributed by atoms with E-state index in [9.17, 15) is 9.59 Å². The van der Waals surface area contributed by atoms with Crippen LogP contribution in [0.15, 0.2) is 0 Å². The molecule has 0 aromatic carbocycles. The lowest BCUT2D eigenvalue weighted by Gasteiger charge is -2.26. The van der Waals surface area contributed by atoms with E-state index in [1.54, 1.807) is 6.92 Å². The molecule has 1 fully saturated rings. The first-order chi connectivity index (χ1) is 7.54. The number of hydrogen-bond donors (Lipinski definition) is 2. The van der Waals surface area contributed by atoms with Gasteiger partial charge >= 0.3 is 5.97 Å². The molecule has 1 atom stereocenters.